The molecule has 2 aromatic carbocycles. The van der Waals surface area contributed by atoms with E-state index in [2.05, 4.69) is 16.7 Å². The molecule has 3 rings (SSSR count). The molecule has 2 N–H and O–H groups in total. The van der Waals surface area contributed by atoms with E-state index in [4.69, 9.17) is 4.74 Å². The van der Waals surface area contributed by atoms with Crippen molar-refractivity contribution >= 4 is 35.2 Å². The lowest BCUT2D eigenvalue weighted by Crippen LogP contribution is -2.44. The van der Waals surface area contributed by atoms with Crippen molar-refractivity contribution in [2.24, 2.45) is 5.92 Å². The van der Waals surface area contributed by atoms with E-state index in [1.807, 2.05) is 26.0 Å². The van der Waals surface area contributed by atoms with Crippen LogP contribution in [0.5, 0.6) is 0 Å². The lowest BCUT2D eigenvalue weighted by atomic mass is 9.78. The van der Waals surface area contributed by atoms with E-state index in [1.54, 1.807) is 12.1 Å². The minimum absolute atomic E-state index is 0.111. The number of carbonyl (C=O) groups excluding carboxylic acids is 3. The van der Waals surface area contributed by atoms with Gasteiger partial charge in [0.2, 0.25) is 11.8 Å². The van der Waals surface area contributed by atoms with Crippen molar-refractivity contribution in [3.8, 4) is 6.07 Å². The van der Waals surface area contributed by atoms with Crippen LogP contribution in [0, 0.1) is 23.1 Å². The van der Waals surface area contributed by atoms with Crippen LogP contribution in [0.1, 0.15) is 36.8 Å². The third kappa shape index (κ3) is 5.64. The molecule has 0 fully saturated rings. The van der Waals surface area contributed by atoms with Crippen LogP contribution in [-0.4, -0.2) is 30.6 Å². The summed E-state index contributed by atoms with van der Waals surface area (Å²) in [5, 5.41) is 15.4. The second-order valence-corrected chi connectivity index (χ2v) is 8.97. The summed E-state index contributed by atoms with van der Waals surface area (Å²) < 4.78 is 17.9. The van der Waals surface area contributed by atoms with Crippen molar-refractivity contribution in [2.75, 3.05) is 18.2 Å². The number of anilines is 1. The van der Waals surface area contributed by atoms with Gasteiger partial charge in [0.05, 0.1) is 29.5 Å². The SMILES string of the molecule is COC(=O)[C@@H]1C(=O)NC(SCC(=O)Nc2ccc(F)cc2)=C(C#N)[C@@H]1c1ccc(C(C)C)cc1. The number of methoxy groups -OCH3 is 1. The van der Waals surface area contributed by atoms with Gasteiger partial charge in [0.15, 0.2) is 0 Å². The molecule has 176 valence electrons. The quantitative estimate of drug-likeness (QED) is 0.456. The van der Waals surface area contributed by atoms with Gasteiger partial charge in [0.25, 0.3) is 0 Å². The molecule has 2 atom stereocenters. The summed E-state index contributed by atoms with van der Waals surface area (Å²) in [6.45, 7) is 4.10. The van der Waals surface area contributed by atoms with Crippen molar-refractivity contribution in [1.29, 1.82) is 5.26 Å². The summed E-state index contributed by atoms with van der Waals surface area (Å²) in [7, 11) is 1.19. The van der Waals surface area contributed by atoms with Crippen molar-refractivity contribution in [3.05, 3.63) is 76.1 Å². The molecule has 7 nitrogen and oxygen atoms in total. The van der Waals surface area contributed by atoms with Crippen LogP contribution in [0.2, 0.25) is 0 Å². The number of thioether (sulfide) groups is 1. The molecule has 1 heterocycles. The van der Waals surface area contributed by atoms with Gasteiger partial charge in [0.1, 0.15) is 11.7 Å². The highest BCUT2D eigenvalue weighted by atomic mass is 32.2. The number of benzene rings is 2. The highest BCUT2D eigenvalue weighted by molar-refractivity contribution is 8.03. The standard InChI is InChI=1S/C25H24FN3O4S/c1-14(2)15-4-6-16(7-5-15)21-19(12-27)24(29-23(31)22(21)25(32)33-3)34-13-20(30)28-18-10-8-17(26)9-11-18/h4-11,14,21-22H,13H2,1-3H3,(H,28,30)(H,29,31)/t21-,22-/m0/s1. The predicted octanol–water partition coefficient (Wildman–Crippen LogP) is 4.06. The Morgan fingerprint density at radius 1 is 1.18 bits per heavy atom. The normalized spacial score (nSPS) is 17.7. The number of hydrogen-bond acceptors (Lipinski definition) is 6. The molecular formula is C25H24FN3O4S. The maximum absolute atomic E-state index is 13.1. The van der Waals surface area contributed by atoms with Crippen molar-refractivity contribution in [1.82, 2.24) is 5.32 Å². The van der Waals surface area contributed by atoms with Crippen LogP contribution >= 0.6 is 11.8 Å². The predicted molar refractivity (Wildman–Crippen MR) is 127 cm³/mol. The molecule has 0 bridgehead atoms. The third-order valence-electron chi connectivity index (χ3n) is 5.42. The Hall–Kier alpha value is -3.64. The second kappa shape index (κ2) is 11.0. The first-order chi connectivity index (χ1) is 16.2. The van der Waals surface area contributed by atoms with Gasteiger partial charge in [-0.2, -0.15) is 5.26 Å². The molecule has 2 amide bonds. The summed E-state index contributed by atoms with van der Waals surface area (Å²) in [4.78, 5) is 37.7. The average molecular weight is 482 g/mol. The smallest absolute Gasteiger partial charge is 0.319 e. The monoisotopic (exact) mass is 481 g/mol. The van der Waals surface area contributed by atoms with Gasteiger partial charge in [-0.05, 0) is 41.3 Å². The van der Waals surface area contributed by atoms with Crippen molar-refractivity contribution in [2.45, 2.75) is 25.7 Å². The van der Waals surface area contributed by atoms with Crippen LogP contribution in [0.25, 0.3) is 0 Å². The minimum Gasteiger partial charge on any atom is -0.468 e. The number of esters is 1. The Balaban J connectivity index is 1.89. The van der Waals surface area contributed by atoms with Gasteiger partial charge >= 0.3 is 5.97 Å². The fourth-order valence-electron chi connectivity index (χ4n) is 3.64. The third-order valence-corrected chi connectivity index (χ3v) is 6.44. The van der Waals surface area contributed by atoms with Crippen molar-refractivity contribution < 1.29 is 23.5 Å². The lowest BCUT2D eigenvalue weighted by Gasteiger charge is -2.31. The van der Waals surface area contributed by atoms with Crippen LogP contribution < -0.4 is 10.6 Å². The van der Waals surface area contributed by atoms with E-state index in [1.165, 1.54) is 31.4 Å². The second-order valence-electron chi connectivity index (χ2n) is 7.99. The molecule has 1 aliphatic rings. The molecular weight excluding hydrogens is 457 g/mol. The number of hydrogen-bond donors (Lipinski definition) is 2. The minimum atomic E-state index is -1.23. The lowest BCUT2D eigenvalue weighted by molar-refractivity contribution is -0.150. The Kier molecular flexibility index (Phi) is 8.08. The fourth-order valence-corrected chi connectivity index (χ4v) is 4.48. The van der Waals surface area contributed by atoms with E-state index in [-0.39, 0.29) is 22.3 Å². The average Bonchev–Trinajstić information content (AvgIpc) is 2.83. The maximum atomic E-state index is 13.1. The van der Waals surface area contributed by atoms with Gasteiger partial charge in [0, 0.05) is 11.6 Å². The number of allylic oxidation sites excluding steroid dienone is 1. The molecule has 0 spiro atoms. The highest BCUT2D eigenvalue weighted by Gasteiger charge is 2.44. The van der Waals surface area contributed by atoms with Gasteiger partial charge in [-0.1, -0.05) is 49.9 Å². The topological polar surface area (TPSA) is 108 Å². The molecule has 0 unspecified atom stereocenters. The first-order valence-corrected chi connectivity index (χ1v) is 11.5. The summed E-state index contributed by atoms with van der Waals surface area (Å²) in [6.07, 6.45) is 0. The molecule has 9 heteroatoms. The molecule has 0 saturated heterocycles. The van der Waals surface area contributed by atoms with E-state index < -0.39 is 35.4 Å². The Bertz CT molecular complexity index is 1150. The summed E-state index contributed by atoms with van der Waals surface area (Å²) in [5.41, 5.74) is 2.29. The number of nitrogens with one attached hydrogen (secondary N) is 2. The number of nitriles is 1. The highest BCUT2D eigenvalue weighted by Crippen LogP contribution is 2.40. The van der Waals surface area contributed by atoms with E-state index >= 15 is 0 Å². The zero-order valence-corrected chi connectivity index (χ0v) is 19.7. The van der Waals surface area contributed by atoms with E-state index in [9.17, 15) is 24.0 Å². The zero-order chi connectivity index (χ0) is 24.8. The first kappa shape index (κ1) is 25.0. The Morgan fingerprint density at radius 2 is 1.82 bits per heavy atom. The van der Waals surface area contributed by atoms with Crippen molar-refractivity contribution in [3.63, 3.8) is 0 Å². The molecule has 0 aromatic heterocycles. The summed E-state index contributed by atoms with van der Waals surface area (Å²) >= 11 is 0.979. The molecule has 2 aromatic rings. The maximum Gasteiger partial charge on any atom is 0.319 e. The molecule has 0 aliphatic carbocycles. The van der Waals surface area contributed by atoms with Crippen LogP contribution in [0.4, 0.5) is 10.1 Å². The van der Waals surface area contributed by atoms with Gasteiger partial charge < -0.3 is 15.4 Å². The number of amides is 2. The number of rotatable bonds is 7. The van der Waals surface area contributed by atoms with Crippen LogP contribution in [0.3, 0.4) is 0 Å². The van der Waals surface area contributed by atoms with E-state index in [0.717, 1.165) is 17.3 Å². The van der Waals surface area contributed by atoms with Crippen LogP contribution in [-0.2, 0) is 19.1 Å². The van der Waals surface area contributed by atoms with E-state index in [0.29, 0.717) is 11.3 Å². The Labute approximate surface area is 201 Å². The number of halogens is 1. The fraction of sp³-hybridized carbons (Fsp3) is 0.280. The largest absolute Gasteiger partial charge is 0.468 e. The van der Waals surface area contributed by atoms with Gasteiger partial charge in [-0.25, -0.2) is 4.39 Å². The molecule has 34 heavy (non-hydrogen) atoms. The summed E-state index contributed by atoms with van der Waals surface area (Å²) in [5.74, 6) is -4.09. The van der Waals surface area contributed by atoms with Crippen LogP contribution in [0.15, 0.2) is 59.1 Å². The Morgan fingerprint density at radius 3 is 2.38 bits per heavy atom. The zero-order valence-electron chi connectivity index (χ0n) is 18.9. The molecule has 1 aliphatic heterocycles. The number of nitrogens with zero attached hydrogens (tertiary/aromatic N) is 1. The summed E-state index contributed by atoms with van der Waals surface area (Å²) in [6, 6.07) is 14.8. The first-order valence-electron chi connectivity index (χ1n) is 10.6. The molecule has 0 radical (unpaired) electrons. The number of ether oxygens (including phenoxy) is 1. The number of carbonyl (C=O) groups is 3. The van der Waals surface area contributed by atoms with Gasteiger partial charge in [-0.3, -0.25) is 14.4 Å². The van der Waals surface area contributed by atoms with Gasteiger partial charge in [-0.15, -0.1) is 0 Å². The molecule has 0 saturated carbocycles.